The quantitative estimate of drug-likeness (QED) is 0.891. The zero-order chi connectivity index (χ0) is 16.1. The van der Waals surface area contributed by atoms with Gasteiger partial charge in [-0.25, -0.2) is 4.79 Å². The van der Waals surface area contributed by atoms with Crippen LogP contribution >= 0.6 is 0 Å². The summed E-state index contributed by atoms with van der Waals surface area (Å²) in [7, 11) is 3.82. The van der Waals surface area contributed by atoms with Crippen LogP contribution in [0, 0.1) is 6.92 Å². The molecule has 2 aromatic rings. The first kappa shape index (κ1) is 15.9. The van der Waals surface area contributed by atoms with Gasteiger partial charge < -0.3 is 10.2 Å². The first-order valence-electron chi connectivity index (χ1n) is 7.30. The van der Waals surface area contributed by atoms with E-state index in [-0.39, 0.29) is 12.1 Å². The van der Waals surface area contributed by atoms with Crippen molar-refractivity contribution in [2.45, 2.75) is 19.9 Å². The Hall–Kier alpha value is -2.50. The highest BCUT2D eigenvalue weighted by Gasteiger charge is 2.12. The summed E-state index contributed by atoms with van der Waals surface area (Å²) in [4.78, 5) is 14.1. The number of hydrogen-bond donors (Lipinski definition) is 2. The molecule has 0 spiro atoms. The van der Waals surface area contributed by atoms with E-state index in [0.717, 1.165) is 11.4 Å². The van der Waals surface area contributed by atoms with E-state index in [1.165, 1.54) is 0 Å². The van der Waals surface area contributed by atoms with Crippen LogP contribution in [0.3, 0.4) is 0 Å². The zero-order valence-corrected chi connectivity index (χ0v) is 13.5. The number of aromatic nitrogens is 2. The van der Waals surface area contributed by atoms with Gasteiger partial charge >= 0.3 is 6.03 Å². The van der Waals surface area contributed by atoms with Crippen LogP contribution in [0.5, 0.6) is 0 Å². The molecule has 0 radical (unpaired) electrons. The number of hydrogen-bond acceptors (Lipinski definition) is 3. The number of para-hydroxylation sites is 1. The number of carbonyl (C=O) groups is 1. The summed E-state index contributed by atoms with van der Waals surface area (Å²) < 4.78 is 1.65. The molecule has 6 nitrogen and oxygen atoms in total. The van der Waals surface area contributed by atoms with Crippen molar-refractivity contribution >= 4 is 17.5 Å². The zero-order valence-electron chi connectivity index (χ0n) is 13.5. The molecule has 0 aliphatic rings. The maximum absolute atomic E-state index is 12.0. The van der Waals surface area contributed by atoms with Crippen LogP contribution in [-0.4, -0.2) is 35.4 Å². The third kappa shape index (κ3) is 4.00. The predicted octanol–water partition coefficient (Wildman–Crippen LogP) is 2.37. The molecule has 0 saturated carbocycles. The predicted molar refractivity (Wildman–Crippen MR) is 89.3 cm³/mol. The standard InChI is InChI=1S/C16H23N5O/c1-12-10-15(21(4)19-12)18-16(22)17-11-13(2)20(3)14-8-6-5-7-9-14/h5-10,13H,11H2,1-4H3,(H2,17,18,22)/t13-/m1/s1. The highest BCUT2D eigenvalue weighted by Crippen LogP contribution is 2.13. The van der Waals surface area contributed by atoms with Crippen LogP contribution in [0.4, 0.5) is 16.3 Å². The van der Waals surface area contributed by atoms with Gasteiger partial charge in [-0.15, -0.1) is 0 Å². The van der Waals surface area contributed by atoms with Gasteiger partial charge in [0.25, 0.3) is 0 Å². The summed E-state index contributed by atoms with van der Waals surface area (Å²) in [5.41, 5.74) is 1.99. The Balaban J connectivity index is 1.84. The van der Waals surface area contributed by atoms with Gasteiger partial charge in [0.2, 0.25) is 0 Å². The van der Waals surface area contributed by atoms with Crippen molar-refractivity contribution in [2.75, 3.05) is 23.8 Å². The van der Waals surface area contributed by atoms with Gasteiger partial charge in [-0.3, -0.25) is 10.00 Å². The Morgan fingerprint density at radius 1 is 1.36 bits per heavy atom. The Kier molecular flexibility index (Phi) is 5.04. The number of anilines is 2. The second kappa shape index (κ2) is 6.98. The van der Waals surface area contributed by atoms with E-state index in [1.54, 1.807) is 11.7 Å². The monoisotopic (exact) mass is 301 g/mol. The fourth-order valence-corrected chi connectivity index (χ4v) is 2.18. The molecule has 2 N–H and O–H groups in total. The molecule has 1 aromatic heterocycles. The van der Waals surface area contributed by atoms with Crippen LogP contribution in [0.2, 0.25) is 0 Å². The Bertz CT molecular complexity index is 623. The number of benzene rings is 1. The number of aryl methyl sites for hydroxylation is 2. The molecule has 118 valence electrons. The van der Waals surface area contributed by atoms with Crippen LogP contribution < -0.4 is 15.5 Å². The van der Waals surface area contributed by atoms with Gasteiger partial charge in [0.15, 0.2) is 0 Å². The van der Waals surface area contributed by atoms with Crippen molar-refractivity contribution in [3.63, 3.8) is 0 Å². The number of carbonyl (C=O) groups excluding carboxylic acids is 1. The highest BCUT2D eigenvalue weighted by atomic mass is 16.2. The van der Waals surface area contributed by atoms with Crippen LogP contribution in [0.1, 0.15) is 12.6 Å². The van der Waals surface area contributed by atoms with Crippen molar-refractivity contribution in [3.8, 4) is 0 Å². The molecule has 22 heavy (non-hydrogen) atoms. The normalized spacial score (nSPS) is 11.8. The molecule has 0 unspecified atom stereocenters. The lowest BCUT2D eigenvalue weighted by Gasteiger charge is -2.27. The topological polar surface area (TPSA) is 62.2 Å². The smallest absolute Gasteiger partial charge is 0.320 e. The van der Waals surface area contributed by atoms with E-state index in [1.807, 2.05) is 38.2 Å². The van der Waals surface area contributed by atoms with E-state index in [4.69, 9.17) is 0 Å². The maximum Gasteiger partial charge on any atom is 0.320 e. The Morgan fingerprint density at radius 2 is 2.05 bits per heavy atom. The number of rotatable bonds is 5. The first-order chi connectivity index (χ1) is 10.5. The number of nitrogens with zero attached hydrogens (tertiary/aromatic N) is 3. The van der Waals surface area contributed by atoms with E-state index in [9.17, 15) is 4.79 Å². The first-order valence-corrected chi connectivity index (χ1v) is 7.30. The minimum atomic E-state index is -0.226. The molecular weight excluding hydrogens is 278 g/mol. The molecular formula is C16H23N5O. The van der Waals surface area contributed by atoms with E-state index in [0.29, 0.717) is 12.4 Å². The summed E-state index contributed by atoms with van der Waals surface area (Å²) >= 11 is 0. The van der Waals surface area contributed by atoms with Crippen molar-refractivity contribution in [1.29, 1.82) is 0 Å². The van der Waals surface area contributed by atoms with E-state index in [2.05, 4.69) is 39.7 Å². The van der Waals surface area contributed by atoms with Gasteiger partial charge in [-0.1, -0.05) is 18.2 Å². The Labute approximate surface area is 131 Å². The average Bonchev–Trinajstić information content (AvgIpc) is 2.82. The molecule has 2 amide bonds. The van der Waals surface area contributed by atoms with Gasteiger partial charge in [0.1, 0.15) is 5.82 Å². The average molecular weight is 301 g/mol. The van der Waals surface area contributed by atoms with Crippen molar-refractivity contribution < 1.29 is 4.79 Å². The van der Waals surface area contributed by atoms with Gasteiger partial charge in [-0.2, -0.15) is 5.10 Å². The molecule has 0 aliphatic heterocycles. The molecule has 0 aliphatic carbocycles. The summed E-state index contributed by atoms with van der Waals surface area (Å²) in [6, 6.07) is 11.9. The van der Waals surface area contributed by atoms with Crippen molar-refractivity contribution in [2.24, 2.45) is 7.05 Å². The van der Waals surface area contributed by atoms with Gasteiger partial charge in [0, 0.05) is 38.4 Å². The summed E-state index contributed by atoms with van der Waals surface area (Å²) in [6.45, 7) is 4.51. The molecule has 1 heterocycles. The molecule has 1 atom stereocenters. The van der Waals surface area contributed by atoms with E-state index < -0.39 is 0 Å². The number of amides is 2. The van der Waals surface area contributed by atoms with Crippen LogP contribution in [-0.2, 0) is 7.05 Å². The minimum Gasteiger partial charge on any atom is -0.370 e. The van der Waals surface area contributed by atoms with Gasteiger partial charge in [-0.05, 0) is 26.0 Å². The van der Waals surface area contributed by atoms with Crippen molar-refractivity contribution in [3.05, 3.63) is 42.1 Å². The third-order valence-corrected chi connectivity index (χ3v) is 3.63. The summed E-state index contributed by atoms with van der Waals surface area (Å²) in [5.74, 6) is 0.680. The molecule has 0 saturated heterocycles. The second-order valence-corrected chi connectivity index (χ2v) is 5.43. The number of likely N-dealkylation sites (N-methyl/N-ethyl adjacent to an activating group) is 1. The third-order valence-electron chi connectivity index (χ3n) is 3.63. The lowest BCUT2D eigenvalue weighted by atomic mass is 10.2. The molecule has 0 fully saturated rings. The SMILES string of the molecule is Cc1cc(NC(=O)NC[C@@H](C)N(C)c2ccccc2)n(C)n1. The molecule has 1 aromatic carbocycles. The number of urea groups is 1. The lowest BCUT2D eigenvalue weighted by Crippen LogP contribution is -2.41. The lowest BCUT2D eigenvalue weighted by molar-refractivity contribution is 0.251. The highest BCUT2D eigenvalue weighted by molar-refractivity contribution is 5.88. The minimum absolute atomic E-state index is 0.182. The molecule has 2 rings (SSSR count). The fraction of sp³-hybridized carbons (Fsp3) is 0.375. The van der Waals surface area contributed by atoms with Crippen LogP contribution in [0.25, 0.3) is 0 Å². The van der Waals surface area contributed by atoms with E-state index >= 15 is 0 Å². The fourth-order valence-electron chi connectivity index (χ4n) is 2.18. The van der Waals surface area contributed by atoms with Crippen molar-refractivity contribution in [1.82, 2.24) is 15.1 Å². The number of nitrogens with one attached hydrogen (secondary N) is 2. The molecule has 6 heteroatoms. The van der Waals surface area contributed by atoms with Crippen LogP contribution in [0.15, 0.2) is 36.4 Å². The second-order valence-electron chi connectivity index (χ2n) is 5.43. The molecule has 0 bridgehead atoms. The Morgan fingerprint density at radius 3 is 2.64 bits per heavy atom. The summed E-state index contributed by atoms with van der Waals surface area (Å²) in [5, 5.41) is 9.88. The largest absolute Gasteiger partial charge is 0.370 e. The maximum atomic E-state index is 12.0. The van der Waals surface area contributed by atoms with Gasteiger partial charge in [0.05, 0.1) is 5.69 Å². The summed E-state index contributed by atoms with van der Waals surface area (Å²) in [6.07, 6.45) is 0.